The lowest BCUT2D eigenvalue weighted by molar-refractivity contribution is -0.132. The molecule has 0 aliphatic rings. The molecule has 0 bridgehead atoms. The average molecular weight is 301 g/mol. The molecule has 0 aliphatic heterocycles. The summed E-state index contributed by atoms with van der Waals surface area (Å²) in [5.74, 6) is -0.125. The van der Waals surface area contributed by atoms with E-state index in [1.165, 1.54) is 0 Å². The number of nitrogens with two attached hydrogens (primary N) is 1. The summed E-state index contributed by atoms with van der Waals surface area (Å²) in [6.45, 7) is 2.58. The van der Waals surface area contributed by atoms with Gasteiger partial charge >= 0.3 is 0 Å². The third kappa shape index (κ3) is 5.90. The molecule has 1 amide bonds. The Morgan fingerprint density at radius 2 is 2.00 bits per heavy atom. The number of carbonyl (C=O) groups excluding carboxylic acids is 1. The second kappa shape index (κ2) is 10.7. The maximum atomic E-state index is 12.2. The van der Waals surface area contributed by atoms with E-state index in [2.05, 4.69) is 12.2 Å². The number of hydrogen-bond donors (Lipinski definition) is 2. The molecule has 0 aliphatic carbocycles. The lowest BCUT2D eigenvalue weighted by Crippen LogP contribution is -2.42. The van der Waals surface area contributed by atoms with Crippen LogP contribution in [0, 0.1) is 0 Å². The maximum Gasteiger partial charge on any atom is 0.254 e. The molecule has 114 valence electrons. The van der Waals surface area contributed by atoms with Crippen LogP contribution in [-0.2, 0) is 9.53 Å². The van der Waals surface area contributed by atoms with Crippen LogP contribution in [-0.4, -0.2) is 25.6 Å². The van der Waals surface area contributed by atoms with E-state index in [4.69, 9.17) is 10.5 Å². The van der Waals surface area contributed by atoms with Crippen molar-refractivity contribution in [1.29, 1.82) is 0 Å². The number of halogens is 1. The molecule has 0 radical (unpaired) electrons. The van der Waals surface area contributed by atoms with Crippen LogP contribution >= 0.6 is 12.4 Å². The van der Waals surface area contributed by atoms with E-state index in [1.54, 1.807) is 7.11 Å². The van der Waals surface area contributed by atoms with Crippen molar-refractivity contribution < 1.29 is 9.53 Å². The number of ether oxygens (including phenoxy) is 1. The molecule has 3 N–H and O–H groups in total. The molecule has 0 aromatic heterocycles. The van der Waals surface area contributed by atoms with Gasteiger partial charge in [0.2, 0.25) is 0 Å². The standard InChI is InChI=1S/C15H24N2O2.ClH/c1-3-4-10-13(11-16)17-15(18)14(19-2)12-8-6-5-7-9-12;/h5-9,13-14H,3-4,10-11,16H2,1-2H3,(H,17,18);1H. The highest BCUT2D eigenvalue weighted by Gasteiger charge is 2.21. The minimum atomic E-state index is -0.572. The number of methoxy groups -OCH3 is 1. The van der Waals surface area contributed by atoms with Gasteiger partial charge in [-0.1, -0.05) is 50.1 Å². The van der Waals surface area contributed by atoms with Gasteiger partial charge < -0.3 is 15.8 Å². The van der Waals surface area contributed by atoms with Crippen LogP contribution in [0.1, 0.15) is 37.9 Å². The summed E-state index contributed by atoms with van der Waals surface area (Å²) >= 11 is 0. The Labute approximate surface area is 127 Å². The van der Waals surface area contributed by atoms with Crippen molar-refractivity contribution in [2.24, 2.45) is 5.73 Å². The van der Waals surface area contributed by atoms with Crippen molar-refractivity contribution in [2.75, 3.05) is 13.7 Å². The molecule has 1 aromatic rings. The summed E-state index contributed by atoms with van der Waals surface area (Å²) in [5, 5.41) is 2.96. The molecular weight excluding hydrogens is 276 g/mol. The van der Waals surface area contributed by atoms with Gasteiger partial charge in [-0.05, 0) is 12.0 Å². The number of benzene rings is 1. The Balaban J connectivity index is 0.00000361. The number of amides is 1. The van der Waals surface area contributed by atoms with Gasteiger partial charge in [0.25, 0.3) is 5.91 Å². The van der Waals surface area contributed by atoms with Crippen LogP contribution in [0.3, 0.4) is 0 Å². The number of unbranched alkanes of at least 4 members (excludes halogenated alkanes) is 1. The molecule has 0 fully saturated rings. The van der Waals surface area contributed by atoms with Gasteiger partial charge in [-0.15, -0.1) is 12.4 Å². The Kier molecular flexibility index (Phi) is 10.1. The number of nitrogens with one attached hydrogen (secondary N) is 1. The Hall–Kier alpha value is -1.10. The normalized spacial score (nSPS) is 13.2. The second-order valence-corrected chi connectivity index (χ2v) is 4.61. The fraction of sp³-hybridized carbons (Fsp3) is 0.533. The van der Waals surface area contributed by atoms with Gasteiger partial charge in [0.1, 0.15) is 0 Å². The van der Waals surface area contributed by atoms with Crippen molar-refractivity contribution in [1.82, 2.24) is 5.32 Å². The largest absolute Gasteiger partial charge is 0.367 e. The molecule has 0 saturated heterocycles. The zero-order valence-corrected chi connectivity index (χ0v) is 13.0. The smallest absolute Gasteiger partial charge is 0.254 e. The molecule has 4 nitrogen and oxygen atoms in total. The molecule has 0 saturated carbocycles. The highest BCUT2D eigenvalue weighted by molar-refractivity contribution is 5.85. The Morgan fingerprint density at radius 1 is 1.35 bits per heavy atom. The molecule has 1 aromatic carbocycles. The van der Waals surface area contributed by atoms with Crippen molar-refractivity contribution in [2.45, 2.75) is 38.3 Å². The fourth-order valence-electron chi connectivity index (χ4n) is 2.00. The van der Waals surface area contributed by atoms with E-state index >= 15 is 0 Å². The third-order valence-electron chi connectivity index (χ3n) is 3.11. The molecule has 5 heteroatoms. The topological polar surface area (TPSA) is 64.3 Å². The first-order chi connectivity index (χ1) is 9.22. The first-order valence-electron chi connectivity index (χ1n) is 6.81. The number of rotatable bonds is 8. The summed E-state index contributed by atoms with van der Waals surface area (Å²) < 4.78 is 5.30. The minimum Gasteiger partial charge on any atom is -0.367 e. The lowest BCUT2D eigenvalue weighted by Gasteiger charge is -2.21. The predicted molar refractivity (Wildman–Crippen MR) is 84.0 cm³/mol. The number of hydrogen-bond acceptors (Lipinski definition) is 3. The highest BCUT2D eigenvalue weighted by atomic mass is 35.5. The second-order valence-electron chi connectivity index (χ2n) is 4.61. The van der Waals surface area contributed by atoms with E-state index in [1.807, 2.05) is 30.3 Å². The molecule has 1 rings (SSSR count). The zero-order chi connectivity index (χ0) is 14.1. The van der Waals surface area contributed by atoms with Gasteiger partial charge in [-0.3, -0.25) is 4.79 Å². The Bertz CT molecular complexity index is 373. The zero-order valence-electron chi connectivity index (χ0n) is 12.2. The van der Waals surface area contributed by atoms with Crippen LogP contribution in [0.15, 0.2) is 30.3 Å². The van der Waals surface area contributed by atoms with Crippen LogP contribution in [0.4, 0.5) is 0 Å². The van der Waals surface area contributed by atoms with E-state index in [-0.39, 0.29) is 24.4 Å². The summed E-state index contributed by atoms with van der Waals surface area (Å²) in [6, 6.07) is 9.50. The fourth-order valence-corrected chi connectivity index (χ4v) is 2.00. The molecular formula is C15H25ClN2O2. The molecule has 2 unspecified atom stereocenters. The quantitative estimate of drug-likeness (QED) is 0.775. The van der Waals surface area contributed by atoms with Crippen molar-refractivity contribution >= 4 is 18.3 Å². The maximum absolute atomic E-state index is 12.2. The van der Waals surface area contributed by atoms with Crippen LogP contribution in [0.5, 0.6) is 0 Å². The van der Waals surface area contributed by atoms with E-state index in [0.29, 0.717) is 6.54 Å². The molecule has 2 atom stereocenters. The van der Waals surface area contributed by atoms with Gasteiger partial charge in [-0.25, -0.2) is 0 Å². The van der Waals surface area contributed by atoms with Gasteiger partial charge in [0.15, 0.2) is 6.10 Å². The third-order valence-corrected chi connectivity index (χ3v) is 3.11. The van der Waals surface area contributed by atoms with Gasteiger partial charge in [-0.2, -0.15) is 0 Å². The minimum absolute atomic E-state index is 0. The van der Waals surface area contributed by atoms with E-state index in [0.717, 1.165) is 24.8 Å². The average Bonchev–Trinajstić information content (AvgIpc) is 2.45. The summed E-state index contributed by atoms with van der Waals surface area (Å²) in [4.78, 5) is 12.2. The van der Waals surface area contributed by atoms with Crippen molar-refractivity contribution in [3.05, 3.63) is 35.9 Å². The van der Waals surface area contributed by atoms with Crippen molar-refractivity contribution in [3.63, 3.8) is 0 Å². The van der Waals surface area contributed by atoms with Crippen molar-refractivity contribution in [3.8, 4) is 0 Å². The molecule has 0 heterocycles. The first-order valence-corrected chi connectivity index (χ1v) is 6.81. The first kappa shape index (κ1) is 18.9. The predicted octanol–water partition coefficient (Wildman–Crippen LogP) is 2.43. The van der Waals surface area contributed by atoms with Crippen LogP contribution in [0.2, 0.25) is 0 Å². The summed E-state index contributed by atoms with van der Waals surface area (Å²) in [7, 11) is 1.54. The van der Waals surface area contributed by atoms with Gasteiger partial charge in [0, 0.05) is 19.7 Å². The summed E-state index contributed by atoms with van der Waals surface area (Å²) in [5.41, 5.74) is 6.54. The molecule has 20 heavy (non-hydrogen) atoms. The van der Waals surface area contributed by atoms with E-state index < -0.39 is 6.10 Å². The van der Waals surface area contributed by atoms with Crippen LogP contribution < -0.4 is 11.1 Å². The Morgan fingerprint density at radius 3 is 2.50 bits per heavy atom. The SMILES string of the molecule is CCCCC(CN)NC(=O)C(OC)c1ccccc1.Cl. The summed E-state index contributed by atoms with van der Waals surface area (Å²) in [6.07, 6.45) is 2.49. The van der Waals surface area contributed by atoms with E-state index in [9.17, 15) is 4.79 Å². The lowest BCUT2D eigenvalue weighted by atomic mass is 10.1. The van der Waals surface area contributed by atoms with Gasteiger partial charge in [0.05, 0.1) is 0 Å². The monoisotopic (exact) mass is 300 g/mol. The van der Waals surface area contributed by atoms with Crippen LogP contribution in [0.25, 0.3) is 0 Å². The number of carbonyl (C=O) groups is 1. The highest BCUT2D eigenvalue weighted by Crippen LogP contribution is 2.16. The molecule has 0 spiro atoms.